The number of amides is 1. The lowest BCUT2D eigenvalue weighted by Gasteiger charge is -2.08. The Labute approximate surface area is 160 Å². The SMILES string of the molecule is Cc1ccc(/C=N/NC(=O)c2cc(-c3ccncc3)nc3ccccc23)s1. The van der Waals surface area contributed by atoms with Crippen LogP contribution in [0.2, 0.25) is 0 Å². The Hall–Kier alpha value is -3.38. The van der Waals surface area contributed by atoms with E-state index in [4.69, 9.17) is 0 Å². The van der Waals surface area contributed by atoms with Gasteiger partial charge in [0.25, 0.3) is 5.91 Å². The van der Waals surface area contributed by atoms with E-state index < -0.39 is 0 Å². The van der Waals surface area contributed by atoms with Crippen molar-refractivity contribution in [1.29, 1.82) is 0 Å². The second-order valence-corrected chi connectivity index (χ2v) is 7.28. The molecule has 132 valence electrons. The number of hydrazone groups is 1. The van der Waals surface area contributed by atoms with E-state index in [9.17, 15) is 4.79 Å². The second-order valence-electron chi connectivity index (χ2n) is 5.96. The van der Waals surface area contributed by atoms with Crippen LogP contribution < -0.4 is 5.43 Å². The first-order valence-corrected chi connectivity index (χ1v) is 9.22. The fourth-order valence-electron chi connectivity index (χ4n) is 2.77. The molecule has 0 bridgehead atoms. The number of nitrogens with one attached hydrogen (secondary N) is 1. The average Bonchev–Trinajstić information content (AvgIpc) is 3.12. The van der Waals surface area contributed by atoms with Crippen LogP contribution in [0.5, 0.6) is 0 Å². The number of aromatic nitrogens is 2. The third kappa shape index (κ3) is 3.75. The van der Waals surface area contributed by atoms with Crippen molar-refractivity contribution < 1.29 is 4.79 Å². The first-order valence-electron chi connectivity index (χ1n) is 8.41. The number of nitrogens with zero attached hydrogens (tertiary/aromatic N) is 3. The minimum absolute atomic E-state index is 0.270. The van der Waals surface area contributed by atoms with Crippen LogP contribution in [0.25, 0.3) is 22.2 Å². The average molecular weight is 372 g/mol. The van der Waals surface area contributed by atoms with Gasteiger partial charge in [-0.2, -0.15) is 5.10 Å². The van der Waals surface area contributed by atoms with Gasteiger partial charge in [-0.15, -0.1) is 11.3 Å². The number of thiophene rings is 1. The molecule has 4 rings (SSSR count). The van der Waals surface area contributed by atoms with Gasteiger partial charge in [0.05, 0.1) is 23.0 Å². The van der Waals surface area contributed by atoms with E-state index in [1.807, 2.05) is 55.5 Å². The molecule has 3 heterocycles. The minimum Gasteiger partial charge on any atom is -0.267 e. The summed E-state index contributed by atoms with van der Waals surface area (Å²) in [6.07, 6.45) is 5.07. The summed E-state index contributed by atoms with van der Waals surface area (Å²) < 4.78 is 0. The van der Waals surface area contributed by atoms with E-state index in [2.05, 4.69) is 20.5 Å². The lowest BCUT2D eigenvalue weighted by atomic mass is 10.0. The third-order valence-electron chi connectivity index (χ3n) is 4.06. The van der Waals surface area contributed by atoms with Crippen LogP contribution in [0.1, 0.15) is 20.1 Å². The maximum absolute atomic E-state index is 12.8. The van der Waals surface area contributed by atoms with Gasteiger partial charge in [-0.25, -0.2) is 10.4 Å². The Kier molecular flexibility index (Phi) is 4.72. The zero-order valence-electron chi connectivity index (χ0n) is 14.6. The highest BCUT2D eigenvalue weighted by Gasteiger charge is 2.13. The number of hydrogen-bond acceptors (Lipinski definition) is 5. The van der Waals surface area contributed by atoms with Gasteiger partial charge in [0.15, 0.2) is 0 Å². The van der Waals surface area contributed by atoms with Gasteiger partial charge in [-0.05, 0) is 43.3 Å². The van der Waals surface area contributed by atoms with Crippen molar-refractivity contribution in [2.45, 2.75) is 6.92 Å². The highest BCUT2D eigenvalue weighted by atomic mass is 32.1. The van der Waals surface area contributed by atoms with Crippen LogP contribution in [-0.2, 0) is 0 Å². The van der Waals surface area contributed by atoms with Crippen molar-refractivity contribution >= 4 is 34.4 Å². The van der Waals surface area contributed by atoms with Gasteiger partial charge in [-0.3, -0.25) is 9.78 Å². The molecule has 27 heavy (non-hydrogen) atoms. The van der Waals surface area contributed by atoms with Gasteiger partial charge in [0, 0.05) is 33.1 Å². The van der Waals surface area contributed by atoms with Crippen molar-refractivity contribution in [1.82, 2.24) is 15.4 Å². The van der Waals surface area contributed by atoms with E-state index in [0.717, 1.165) is 27.0 Å². The molecule has 0 saturated carbocycles. The summed E-state index contributed by atoms with van der Waals surface area (Å²) in [7, 11) is 0. The van der Waals surface area contributed by atoms with E-state index in [1.165, 1.54) is 4.88 Å². The quantitative estimate of drug-likeness (QED) is 0.426. The van der Waals surface area contributed by atoms with Crippen LogP contribution in [0, 0.1) is 6.92 Å². The number of rotatable bonds is 4. The van der Waals surface area contributed by atoms with Crippen LogP contribution >= 0.6 is 11.3 Å². The fraction of sp³-hybridized carbons (Fsp3) is 0.0476. The third-order valence-corrected chi connectivity index (χ3v) is 4.99. The lowest BCUT2D eigenvalue weighted by molar-refractivity contribution is 0.0957. The molecule has 0 saturated heterocycles. The molecule has 1 N–H and O–H groups in total. The van der Waals surface area contributed by atoms with Gasteiger partial charge >= 0.3 is 0 Å². The molecule has 5 nitrogen and oxygen atoms in total. The van der Waals surface area contributed by atoms with Crippen molar-refractivity contribution in [2.75, 3.05) is 0 Å². The van der Waals surface area contributed by atoms with E-state index in [-0.39, 0.29) is 5.91 Å². The summed E-state index contributed by atoms with van der Waals surface area (Å²) in [6, 6.07) is 17.1. The standard InChI is InChI=1S/C21H16N4OS/c1-14-6-7-16(27-14)13-23-25-21(26)18-12-20(15-8-10-22-11-9-15)24-19-5-3-2-4-17(18)19/h2-13H,1H3,(H,25,26)/b23-13+. The van der Waals surface area contributed by atoms with E-state index in [0.29, 0.717) is 5.56 Å². The largest absolute Gasteiger partial charge is 0.272 e. The van der Waals surface area contributed by atoms with Crippen molar-refractivity contribution in [3.63, 3.8) is 0 Å². The van der Waals surface area contributed by atoms with E-state index >= 15 is 0 Å². The van der Waals surface area contributed by atoms with Crippen LogP contribution in [-0.4, -0.2) is 22.1 Å². The molecule has 0 aliphatic carbocycles. The Morgan fingerprint density at radius 2 is 1.93 bits per heavy atom. The zero-order chi connectivity index (χ0) is 18.6. The van der Waals surface area contributed by atoms with Crippen molar-refractivity contribution in [2.24, 2.45) is 5.10 Å². The van der Waals surface area contributed by atoms with Crippen LogP contribution in [0.15, 0.2) is 72.1 Å². The molecule has 0 aliphatic heterocycles. The Morgan fingerprint density at radius 1 is 1.11 bits per heavy atom. The predicted octanol–water partition coefficient (Wildman–Crippen LogP) is 4.43. The smallest absolute Gasteiger partial charge is 0.267 e. The predicted molar refractivity (Wildman–Crippen MR) is 109 cm³/mol. The molecular formula is C21H16N4OS. The summed E-state index contributed by atoms with van der Waals surface area (Å²) in [5.41, 5.74) is 5.54. The Bertz CT molecular complexity index is 1140. The number of hydrogen-bond donors (Lipinski definition) is 1. The second kappa shape index (κ2) is 7.47. The number of carbonyl (C=O) groups is 1. The van der Waals surface area contributed by atoms with Gasteiger partial charge in [0.2, 0.25) is 0 Å². The normalized spacial score (nSPS) is 11.1. The molecule has 1 aromatic carbocycles. The van der Waals surface area contributed by atoms with Crippen molar-refractivity contribution in [3.8, 4) is 11.3 Å². The summed E-state index contributed by atoms with van der Waals surface area (Å²) in [4.78, 5) is 23.7. The van der Waals surface area contributed by atoms with Gasteiger partial charge < -0.3 is 0 Å². The summed E-state index contributed by atoms with van der Waals surface area (Å²) in [6.45, 7) is 2.03. The monoisotopic (exact) mass is 372 g/mol. The van der Waals surface area contributed by atoms with Crippen LogP contribution in [0.3, 0.4) is 0 Å². The highest BCUT2D eigenvalue weighted by Crippen LogP contribution is 2.24. The molecule has 4 aromatic rings. The van der Waals surface area contributed by atoms with E-state index in [1.54, 1.807) is 36.0 Å². The molecule has 0 atom stereocenters. The fourth-order valence-corrected chi connectivity index (χ4v) is 3.52. The minimum atomic E-state index is -0.270. The van der Waals surface area contributed by atoms with Crippen LogP contribution in [0.4, 0.5) is 0 Å². The maximum atomic E-state index is 12.8. The molecule has 1 amide bonds. The molecule has 0 radical (unpaired) electrons. The lowest BCUT2D eigenvalue weighted by Crippen LogP contribution is -2.18. The molecular weight excluding hydrogens is 356 g/mol. The van der Waals surface area contributed by atoms with Gasteiger partial charge in [0.1, 0.15) is 0 Å². The number of fused-ring (bicyclic) bond motifs is 1. The Morgan fingerprint density at radius 3 is 2.70 bits per heavy atom. The molecule has 0 fully saturated rings. The molecule has 0 unspecified atom stereocenters. The first-order chi connectivity index (χ1) is 13.2. The molecule has 3 aromatic heterocycles. The highest BCUT2D eigenvalue weighted by molar-refractivity contribution is 7.13. The number of aryl methyl sites for hydroxylation is 1. The Balaban J connectivity index is 1.69. The summed E-state index contributed by atoms with van der Waals surface area (Å²) >= 11 is 1.62. The molecule has 0 aliphatic rings. The number of carbonyl (C=O) groups excluding carboxylic acids is 1. The first kappa shape index (κ1) is 17.1. The zero-order valence-corrected chi connectivity index (χ0v) is 15.4. The number of pyridine rings is 2. The molecule has 0 spiro atoms. The van der Waals surface area contributed by atoms with Crippen molar-refractivity contribution in [3.05, 3.63) is 82.3 Å². The topological polar surface area (TPSA) is 67.2 Å². The molecule has 6 heteroatoms. The summed E-state index contributed by atoms with van der Waals surface area (Å²) in [5, 5.41) is 4.88. The van der Waals surface area contributed by atoms with Gasteiger partial charge in [-0.1, -0.05) is 18.2 Å². The number of para-hydroxylation sites is 1. The summed E-state index contributed by atoms with van der Waals surface area (Å²) in [5.74, 6) is -0.270. The number of benzene rings is 1. The maximum Gasteiger partial charge on any atom is 0.272 e.